The van der Waals surface area contributed by atoms with E-state index in [1.165, 1.54) is 15.6 Å². The van der Waals surface area contributed by atoms with Crippen LogP contribution in [-0.4, -0.2) is 20.2 Å². The van der Waals surface area contributed by atoms with Crippen molar-refractivity contribution >= 4 is 38.4 Å². The molecule has 0 aliphatic heterocycles. The fourth-order valence-electron chi connectivity index (χ4n) is 5.03. The number of fused-ring (bicyclic) bond motifs is 2. The average molecular weight is 485 g/mol. The molecule has 0 unspecified atom stereocenters. The third-order valence-corrected chi connectivity index (χ3v) is 7.71. The molecule has 3 aromatic carbocycles. The summed E-state index contributed by atoms with van der Waals surface area (Å²) < 4.78 is 4.74. The highest BCUT2D eigenvalue weighted by molar-refractivity contribution is 7.17. The number of hydrogen-bond donors (Lipinski definition) is 1. The molecular weight excluding hydrogens is 456 g/mol. The van der Waals surface area contributed by atoms with Crippen molar-refractivity contribution in [2.45, 2.75) is 45.7 Å². The van der Waals surface area contributed by atoms with Gasteiger partial charge >= 0.3 is 11.7 Å². The van der Waals surface area contributed by atoms with Crippen molar-refractivity contribution in [3.8, 4) is 0 Å². The number of benzene rings is 3. The van der Waals surface area contributed by atoms with Crippen LogP contribution in [0.4, 0.5) is 0 Å². The summed E-state index contributed by atoms with van der Waals surface area (Å²) in [5.74, 6) is -0.900. The second-order valence-electron chi connectivity index (χ2n) is 9.22. The molecule has 2 heterocycles. The molecule has 0 fully saturated rings. The summed E-state index contributed by atoms with van der Waals surface area (Å²) in [6.45, 7) is 4.55. The standard InChI is InChI=1S/C29H28N2O3S/c1-19-11-14-24-25(15-19)31(23(16-27(32)33)13-12-21-8-4-3-5-9-21)29(34)30(24)17-22-18-35-26-10-6-7-20(2)28(22)26/h3-11,14-15,18,23H,12-13,16-17H2,1-2H3,(H,32,33)/t23-/m1/s1. The van der Waals surface area contributed by atoms with Crippen LogP contribution in [0.25, 0.3) is 21.1 Å². The predicted molar refractivity (Wildman–Crippen MR) is 143 cm³/mol. The van der Waals surface area contributed by atoms with Crippen molar-refractivity contribution in [2.75, 3.05) is 0 Å². The topological polar surface area (TPSA) is 64.2 Å². The number of carboxylic acids is 1. The summed E-state index contributed by atoms with van der Waals surface area (Å²) in [7, 11) is 0. The lowest BCUT2D eigenvalue weighted by molar-refractivity contribution is -0.137. The number of aliphatic carboxylic acids is 1. The van der Waals surface area contributed by atoms with Gasteiger partial charge in [-0.25, -0.2) is 4.79 Å². The van der Waals surface area contributed by atoms with Gasteiger partial charge < -0.3 is 5.11 Å². The van der Waals surface area contributed by atoms with Gasteiger partial charge in [0.15, 0.2) is 0 Å². The van der Waals surface area contributed by atoms with Gasteiger partial charge in [-0.3, -0.25) is 13.9 Å². The SMILES string of the molecule is Cc1ccc2c(c1)n([C@H](CCc1ccccc1)CC(=O)O)c(=O)n2Cc1csc2cccc(C)c12. The smallest absolute Gasteiger partial charge is 0.329 e. The van der Waals surface area contributed by atoms with Gasteiger partial charge in [0, 0.05) is 16.1 Å². The van der Waals surface area contributed by atoms with E-state index in [1.54, 1.807) is 20.5 Å². The number of thiophene rings is 1. The average Bonchev–Trinajstić information content (AvgIpc) is 3.37. The van der Waals surface area contributed by atoms with Crippen molar-refractivity contribution in [3.05, 3.63) is 105 Å². The van der Waals surface area contributed by atoms with E-state index in [0.29, 0.717) is 19.4 Å². The number of carbonyl (C=O) groups is 1. The molecular formula is C29H28N2O3S. The van der Waals surface area contributed by atoms with E-state index in [4.69, 9.17) is 0 Å². The largest absolute Gasteiger partial charge is 0.481 e. The lowest BCUT2D eigenvalue weighted by atomic mass is 10.0. The second kappa shape index (κ2) is 9.55. The molecule has 0 amide bonds. The van der Waals surface area contributed by atoms with Crippen LogP contribution in [0.2, 0.25) is 0 Å². The molecule has 5 nitrogen and oxygen atoms in total. The first-order chi connectivity index (χ1) is 16.9. The zero-order chi connectivity index (χ0) is 24.5. The van der Waals surface area contributed by atoms with E-state index in [2.05, 4.69) is 30.5 Å². The van der Waals surface area contributed by atoms with Crippen LogP contribution in [0, 0.1) is 13.8 Å². The molecule has 0 aliphatic rings. The van der Waals surface area contributed by atoms with Gasteiger partial charge in [-0.2, -0.15) is 0 Å². The van der Waals surface area contributed by atoms with Gasteiger partial charge in [-0.05, 0) is 72.5 Å². The van der Waals surface area contributed by atoms with Crippen LogP contribution in [-0.2, 0) is 17.8 Å². The molecule has 5 rings (SSSR count). The summed E-state index contributed by atoms with van der Waals surface area (Å²) in [5.41, 5.74) is 5.96. The maximum atomic E-state index is 13.9. The third-order valence-electron chi connectivity index (χ3n) is 6.71. The molecule has 178 valence electrons. The Bertz CT molecular complexity index is 1580. The lowest BCUT2D eigenvalue weighted by Gasteiger charge is -2.17. The molecule has 0 aliphatic carbocycles. The van der Waals surface area contributed by atoms with Gasteiger partial charge in [0.1, 0.15) is 0 Å². The molecule has 1 atom stereocenters. The molecule has 0 saturated heterocycles. The molecule has 0 saturated carbocycles. The summed E-state index contributed by atoms with van der Waals surface area (Å²) in [5, 5.41) is 13.0. The molecule has 6 heteroatoms. The van der Waals surface area contributed by atoms with Crippen molar-refractivity contribution in [2.24, 2.45) is 0 Å². The molecule has 2 aromatic heterocycles. The number of hydrogen-bond acceptors (Lipinski definition) is 3. The van der Waals surface area contributed by atoms with E-state index >= 15 is 0 Å². The summed E-state index contributed by atoms with van der Waals surface area (Å²) in [6, 6.07) is 21.8. The maximum absolute atomic E-state index is 13.9. The van der Waals surface area contributed by atoms with E-state index in [1.807, 2.05) is 55.5 Å². The Kier molecular flexibility index (Phi) is 6.31. The fraction of sp³-hybridized carbons (Fsp3) is 0.241. The first-order valence-corrected chi connectivity index (χ1v) is 12.7. The Morgan fingerprint density at radius 3 is 2.57 bits per heavy atom. The Morgan fingerprint density at radius 2 is 1.80 bits per heavy atom. The van der Waals surface area contributed by atoms with Gasteiger partial charge in [-0.15, -0.1) is 11.3 Å². The van der Waals surface area contributed by atoms with Gasteiger partial charge in [-0.1, -0.05) is 48.5 Å². The van der Waals surface area contributed by atoms with Gasteiger partial charge in [0.2, 0.25) is 0 Å². The first-order valence-electron chi connectivity index (χ1n) is 11.8. The van der Waals surface area contributed by atoms with Crippen LogP contribution in [0.1, 0.15) is 41.1 Å². The van der Waals surface area contributed by atoms with Crippen LogP contribution in [0.5, 0.6) is 0 Å². The summed E-state index contributed by atoms with van der Waals surface area (Å²) >= 11 is 1.69. The Hall–Kier alpha value is -3.64. The second-order valence-corrected chi connectivity index (χ2v) is 10.1. The Morgan fingerprint density at radius 1 is 1.00 bits per heavy atom. The molecule has 0 bridgehead atoms. The van der Waals surface area contributed by atoms with Crippen LogP contribution >= 0.6 is 11.3 Å². The van der Waals surface area contributed by atoms with Crippen LogP contribution < -0.4 is 5.69 Å². The van der Waals surface area contributed by atoms with Crippen molar-refractivity contribution < 1.29 is 9.90 Å². The number of aromatic nitrogens is 2. The number of imidazole rings is 1. The summed E-state index contributed by atoms with van der Waals surface area (Å²) in [4.78, 5) is 25.8. The van der Waals surface area contributed by atoms with Gasteiger partial charge in [0.25, 0.3) is 0 Å². The fourth-order valence-corrected chi connectivity index (χ4v) is 6.06. The van der Waals surface area contributed by atoms with E-state index < -0.39 is 12.0 Å². The van der Waals surface area contributed by atoms with Crippen molar-refractivity contribution in [3.63, 3.8) is 0 Å². The minimum Gasteiger partial charge on any atom is -0.481 e. The summed E-state index contributed by atoms with van der Waals surface area (Å²) in [6.07, 6.45) is 1.18. The molecule has 0 radical (unpaired) electrons. The quantitative estimate of drug-likeness (QED) is 0.280. The number of aryl methyl sites for hydroxylation is 3. The van der Waals surface area contributed by atoms with Crippen molar-refractivity contribution in [1.82, 2.24) is 9.13 Å². The van der Waals surface area contributed by atoms with Crippen LogP contribution in [0.15, 0.2) is 76.9 Å². The van der Waals surface area contributed by atoms with Crippen molar-refractivity contribution in [1.29, 1.82) is 0 Å². The van der Waals surface area contributed by atoms with Crippen LogP contribution in [0.3, 0.4) is 0 Å². The third kappa shape index (κ3) is 4.54. The lowest BCUT2D eigenvalue weighted by Crippen LogP contribution is -2.29. The number of carboxylic acid groups (broad SMARTS) is 1. The highest BCUT2D eigenvalue weighted by Crippen LogP contribution is 2.31. The minimum atomic E-state index is -0.900. The molecule has 0 spiro atoms. The van der Waals surface area contributed by atoms with E-state index in [9.17, 15) is 14.7 Å². The molecule has 5 aromatic rings. The van der Waals surface area contributed by atoms with E-state index in [-0.39, 0.29) is 12.1 Å². The molecule has 1 N–H and O–H groups in total. The highest BCUT2D eigenvalue weighted by Gasteiger charge is 2.23. The highest BCUT2D eigenvalue weighted by atomic mass is 32.1. The zero-order valence-corrected chi connectivity index (χ0v) is 20.7. The van der Waals surface area contributed by atoms with E-state index in [0.717, 1.165) is 27.7 Å². The normalized spacial score (nSPS) is 12.4. The van der Waals surface area contributed by atoms with Gasteiger partial charge in [0.05, 0.1) is 24.0 Å². The maximum Gasteiger partial charge on any atom is 0.329 e. The predicted octanol–water partition coefficient (Wildman–Crippen LogP) is 6.33. The minimum absolute atomic E-state index is 0.0969. The Balaban J connectivity index is 1.61. The monoisotopic (exact) mass is 484 g/mol. The number of rotatable bonds is 8. The molecule has 35 heavy (non-hydrogen) atoms. The Labute approximate surface area is 207 Å². The zero-order valence-electron chi connectivity index (χ0n) is 19.9. The number of nitrogens with zero attached hydrogens (tertiary/aromatic N) is 2. The first kappa shape index (κ1) is 23.1.